The highest BCUT2D eigenvalue weighted by Crippen LogP contribution is 2.28. The molecule has 1 aliphatic rings. The lowest BCUT2D eigenvalue weighted by Gasteiger charge is -2.09. The Balaban J connectivity index is 1.81. The number of cyclic esters (lactones) is 1. The molecule has 6 nitrogen and oxygen atoms in total. The van der Waals surface area contributed by atoms with Gasteiger partial charge in [-0.25, -0.2) is 14.2 Å². The molecule has 0 saturated heterocycles. The van der Waals surface area contributed by atoms with Gasteiger partial charge in [0.1, 0.15) is 0 Å². The molecule has 0 saturated carbocycles. The number of rotatable bonds is 6. The molecule has 140 valence electrons. The second-order valence-electron chi connectivity index (χ2n) is 5.68. The molecule has 1 heterocycles. The van der Waals surface area contributed by atoms with Gasteiger partial charge in [-0.05, 0) is 41.5 Å². The Morgan fingerprint density at radius 1 is 1.00 bits per heavy atom. The maximum atomic E-state index is 13.8. The molecule has 0 aliphatic carbocycles. The molecular weight excluding hydrogens is 353 g/mol. The molecule has 0 spiro atoms. The van der Waals surface area contributed by atoms with Gasteiger partial charge < -0.3 is 18.9 Å². The normalized spacial score (nSPS) is 14.7. The fourth-order valence-electron chi connectivity index (χ4n) is 2.62. The van der Waals surface area contributed by atoms with Gasteiger partial charge in [0.15, 0.2) is 28.8 Å². The van der Waals surface area contributed by atoms with Crippen molar-refractivity contribution < 1.29 is 28.1 Å². The number of halogens is 1. The first kappa shape index (κ1) is 18.4. The van der Waals surface area contributed by atoms with Crippen LogP contribution in [0.25, 0.3) is 6.08 Å². The van der Waals surface area contributed by atoms with Crippen LogP contribution in [0.2, 0.25) is 0 Å². The highest BCUT2D eigenvalue weighted by molar-refractivity contribution is 6.07. The summed E-state index contributed by atoms with van der Waals surface area (Å²) in [5, 5.41) is 0. The largest absolute Gasteiger partial charge is 0.494 e. The van der Waals surface area contributed by atoms with E-state index in [0.29, 0.717) is 23.5 Å². The molecule has 0 amide bonds. The molecular formula is C20H18FNO5. The van der Waals surface area contributed by atoms with E-state index in [0.717, 1.165) is 5.56 Å². The number of hydrogen-bond acceptors (Lipinski definition) is 6. The van der Waals surface area contributed by atoms with E-state index in [9.17, 15) is 9.18 Å². The summed E-state index contributed by atoms with van der Waals surface area (Å²) in [6, 6.07) is 9.76. The number of methoxy groups -OCH3 is 3. The van der Waals surface area contributed by atoms with Crippen LogP contribution in [0.4, 0.5) is 4.39 Å². The number of hydrogen-bond donors (Lipinski definition) is 0. The van der Waals surface area contributed by atoms with Crippen LogP contribution < -0.4 is 14.2 Å². The summed E-state index contributed by atoms with van der Waals surface area (Å²) < 4.78 is 34.3. The van der Waals surface area contributed by atoms with Crippen LogP contribution in [-0.2, 0) is 16.0 Å². The molecule has 1 aliphatic heterocycles. The molecule has 0 N–H and O–H groups in total. The van der Waals surface area contributed by atoms with E-state index in [4.69, 9.17) is 18.9 Å². The zero-order chi connectivity index (χ0) is 19.4. The average Bonchev–Trinajstić information content (AvgIpc) is 3.00. The number of carbonyl (C=O) groups excluding carboxylic acids is 1. The Morgan fingerprint density at radius 2 is 1.70 bits per heavy atom. The minimum absolute atomic E-state index is 0.107. The molecule has 0 unspecified atom stereocenters. The zero-order valence-corrected chi connectivity index (χ0v) is 15.1. The minimum Gasteiger partial charge on any atom is -0.494 e. The van der Waals surface area contributed by atoms with Crippen molar-refractivity contribution >= 4 is 17.9 Å². The van der Waals surface area contributed by atoms with Crippen molar-refractivity contribution in [2.24, 2.45) is 4.99 Å². The summed E-state index contributed by atoms with van der Waals surface area (Å²) in [6.07, 6.45) is 1.77. The van der Waals surface area contributed by atoms with Crippen LogP contribution in [0, 0.1) is 5.82 Å². The lowest BCUT2D eigenvalue weighted by atomic mass is 10.1. The van der Waals surface area contributed by atoms with Gasteiger partial charge in [0.25, 0.3) is 0 Å². The standard InChI is InChI=1S/C20H18FNO5/c1-24-16-6-4-12(8-14(16)21)9-15-20(23)27-19(22-15)11-13-5-7-17(25-2)18(10-13)26-3/h4-10H,11H2,1-3H3/b15-9+. The summed E-state index contributed by atoms with van der Waals surface area (Å²) in [5.41, 5.74) is 1.43. The van der Waals surface area contributed by atoms with Crippen LogP contribution >= 0.6 is 0 Å². The number of aliphatic imine (C=N–C) groups is 1. The van der Waals surface area contributed by atoms with Crippen molar-refractivity contribution in [2.75, 3.05) is 21.3 Å². The molecule has 2 aromatic carbocycles. The number of nitrogens with zero attached hydrogens (tertiary/aromatic N) is 1. The van der Waals surface area contributed by atoms with E-state index in [1.807, 2.05) is 6.07 Å². The van der Waals surface area contributed by atoms with Crippen molar-refractivity contribution in [1.29, 1.82) is 0 Å². The van der Waals surface area contributed by atoms with Crippen LogP contribution in [-0.4, -0.2) is 33.2 Å². The summed E-state index contributed by atoms with van der Waals surface area (Å²) in [7, 11) is 4.48. The molecule has 3 rings (SSSR count). The Kier molecular flexibility index (Phi) is 5.40. The third kappa shape index (κ3) is 4.08. The molecule has 0 bridgehead atoms. The van der Waals surface area contributed by atoms with Gasteiger partial charge in [0, 0.05) is 6.42 Å². The summed E-state index contributed by atoms with van der Waals surface area (Å²) in [4.78, 5) is 16.3. The van der Waals surface area contributed by atoms with Crippen LogP contribution in [0.1, 0.15) is 11.1 Å². The average molecular weight is 371 g/mol. The predicted molar refractivity (Wildman–Crippen MR) is 97.7 cm³/mol. The third-order valence-corrected chi connectivity index (χ3v) is 3.95. The quantitative estimate of drug-likeness (QED) is 0.575. The first-order valence-corrected chi connectivity index (χ1v) is 8.10. The van der Waals surface area contributed by atoms with Gasteiger partial charge in [0.05, 0.1) is 21.3 Å². The van der Waals surface area contributed by atoms with Crippen molar-refractivity contribution in [3.8, 4) is 17.2 Å². The first-order chi connectivity index (χ1) is 13.0. The maximum absolute atomic E-state index is 13.8. The number of esters is 1. The molecule has 0 atom stereocenters. The second-order valence-corrected chi connectivity index (χ2v) is 5.68. The van der Waals surface area contributed by atoms with E-state index in [1.54, 1.807) is 32.4 Å². The summed E-state index contributed by atoms with van der Waals surface area (Å²) >= 11 is 0. The number of ether oxygens (including phenoxy) is 4. The van der Waals surface area contributed by atoms with E-state index in [1.165, 1.54) is 25.3 Å². The molecule has 27 heavy (non-hydrogen) atoms. The summed E-state index contributed by atoms with van der Waals surface area (Å²) in [5.74, 6) is 0.462. The van der Waals surface area contributed by atoms with E-state index >= 15 is 0 Å². The minimum atomic E-state index is -0.582. The Labute approximate surface area is 155 Å². The molecule has 0 aromatic heterocycles. The van der Waals surface area contributed by atoms with Gasteiger partial charge in [-0.3, -0.25) is 0 Å². The third-order valence-electron chi connectivity index (χ3n) is 3.95. The van der Waals surface area contributed by atoms with Crippen LogP contribution in [0.3, 0.4) is 0 Å². The van der Waals surface area contributed by atoms with Crippen LogP contribution in [0.5, 0.6) is 17.2 Å². The van der Waals surface area contributed by atoms with Gasteiger partial charge in [-0.15, -0.1) is 0 Å². The first-order valence-electron chi connectivity index (χ1n) is 8.10. The molecule has 2 aromatic rings. The molecule has 0 fully saturated rings. The van der Waals surface area contributed by atoms with Crippen molar-refractivity contribution in [3.05, 3.63) is 59.0 Å². The highest BCUT2D eigenvalue weighted by Gasteiger charge is 2.23. The summed E-state index contributed by atoms with van der Waals surface area (Å²) in [6.45, 7) is 0. The van der Waals surface area contributed by atoms with Gasteiger partial charge in [-0.2, -0.15) is 0 Å². The second kappa shape index (κ2) is 7.90. The monoisotopic (exact) mass is 371 g/mol. The Morgan fingerprint density at radius 3 is 2.37 bits per heavy atom. The Bertz CT molecular complexity index is 936. The lowest BCUT2D eigenvalue weighted by molar-refractivity contribution is -0.130. The number of benzene rings is 2. The topological polar surface area (TPSA) is 66.3 Å². The van der Waals surface area contributed by atoms with Gasteiger partial charge in [-0.1, -0.05) is 12.1 Å². The maximum Gasteiger partial charge on any atom is 0.363 e. The fraction of sp³-hybridized carbons (Fsp3) is 0.200. The van der Waals surface area contributed by atoms with Crippen molar-refractivity contribution in [3.63, 3.8) is 0 Å². The number of carbonyl (C=O) groups is 1. The lowest BCUT2D eigenvalue weighted by Crippen LogP contribution is -2.07. The highest BCUT2D eigenvalue weighted by atomic mass is 19.1. The zero-order valence-electron chi connectivity index (χ0n) is 15.1. The van der Waals surface area contributed by atoms with Crippen LogP contribution in [0.15, 0.2) is 47.1 Å². The molecule has 7 heteroatoms. The predicted octanol–water partition coefficient (Wildman–Crippen LogP) is 3.39. The smallest absolute Gasteiger partial charge is 0.363 e. The molecule has 0 radical (unpaired) electrons. The van der Waals surface area contributed by atoms with E-state index < -0.39 is 11.8 Å². The van der Waals surface area contributed by atoms with E-state index in [2.05, 4.69) is 4.99 Å². The van der Waals surface area contributed by atoms with Crippen molar-refractivity contribution in [1.82, 2.24) is 0 Å². The Hall–Kier alpha value is -3.35. The fourth-order valence-corrected chi connectivity index (χ4v) is 2.62. The SMILES string of the molecule is COc1ccc(/C=C2/N=C(Cc3ccc(OC)c(OC)c3)OC2=O)cc1F. The van der Waals surface area contributed by atoms with Gasteiger partial charge in [0.2, 0.25) is 5.90 Å². The van der Waals surface area contributed by atoms with E-state index in [-0.39, 0.29) is 17.3 Å². The van der Waals surface area contributed by atoms with Crippen molar-refractivity contribution in [2.45, 2.75) is 6.42 Å². The van der Waals surface area contributed by atoms with Gasteiger partial charge >= 0.3 is 5.97 Å².